The third-order valence-corrected chi connectivity index (χ3v) is 3.95. The lowest BCUT2D eigenvalue weighted by Crippen LogP contribution is -2.49. The highest BCUT2D eigenvalue weighted by molar-refractivity contribution is 5.80. The molecule has 1 fully saturated rings. The van der Waals surface area contributed by atoms with Crippen molar-refractivity contribution in [2.45, 2.75) is 25.4 Å². The lowest BCUT2D eigenvalue weighted by atomic mass is 10.1. The van der Waals surface area contributed by atoms with Gasteiger partial charge in [-0.2, -0.15) is 0 Å². The number of likely N-dealkylation sites (tertiary alicyclic amines) is 1. The van der Waals surface area contributed by atoms with Crippen LogP contribution in [0.4, 0.5) is 13.6 Å². The Kier molecular flexibility index (Phi) is 6.34. The Balaban J connectivity index is 1.83. The highest BCUT2D eigenvalue weighted by Crippen LogP contribution is 2.12. The normalized spacial score (nSPS) is 16.0. The van der Waals surface area contributed by atoms with Gasteiger partial charge in [-0.25, -0.2) is 13.6 Å². The predicted octanol–water partition coefficient (Wildman–Crippen LogP) is 1.86. The number of carbonyl (C=O) groups is 1. The molecule has 0 spiro atoms. The van der Waals surface area contributed by atoms with Crippen molar-refractivity contribution in [3.8, 4) is 0 Å². The third-order valence-electron chi connectivity index (χ3n) is 3.95. The lowest BCUT2D eigenvalue weighted by Gasteiger charge is -2.32. The van der Waals surface area contributed by atoms with Crippen LogP contribution in [0.2, 0.25) is 0 Å². The fourth-order valence-corrected chi connectivity index (χ4v) is 2.58. The van der Waals surface area contributed by atoms with Crippen molar-refractivity contribution in [1.82, 2.24) is 15.5 Å². The molecule has 0 saturated carbocycles. The second-order valence-electron chi connectivity index (χ2n) is 5.54. The van der Waals surface area contributed by atoms with E-state index in [9.17, 15) is 13.6 Å². The number of nitrogens with zero attached hydrogens (tertiary/aromatic N) is 2. The molecule has 1 amide bonds. The molecule has 2 N–H and O–H groups in total. The smallest absolute Gasteiger partial charge is 0.409 e. The van der Waals surface area contributed by atoms with Gasteiger partial charge in [0.15, 0.2) is 5.96 Å². The highest BCUT2D eigenvalue weighted by Gasteiger charge is 2.23. The zero-order valence-electron chi connectivity index (χ0n) is 13.8. The average molecular weight is 340 g/mol. The second kappa shape index (κ2) is 8.47. The van der Waals surface area contributed by atoms with E-state index in [0.29, 0.717) is 19.0 Å². The van der Waals surface area contributed by atoms with E-state index in [1.54, 1.807) is 11.9 Å². The molecule has 0 aliphatic carbocycles. The SMILES string of the molecule is CN=C(NCc1cc(F)ccc1F)NC1CCN(C(=O)OC)CC1. The zero-order valence-corrected chi connectivity index (χ0v) is 13.8. The van der Waals surface area contributed by atoms with Crippen LogP contribution in [-0.2, 0) is 11.3 Å². The van der Waals surface area contributed by atoms with Gasteiger partial charge in [-0.1, -0.05) is 0 Å². The van der Waals surface area contributed by atoms with Gasteiger partial charge in [0.25, 0.3) is 0 Å². The van der Waals surface area contributed by atoms with Gasteiger partial charge in [0.05, 0.1) is 7.11 Å². The number of guanidine groups is 1. The maximum Gasteiger partial charge on any atom is 0.409 e. The summed E-state index contributed by atoms with van der Waals surface area (Å²) in [5, 5.41) is 6.20. The fraction of sp³-hybridized carbons (Fsp3) is 0.500. The molecular weight excluding hydrogens is 318 g/mol. The minimum absolute atomic E-state index is 0.129. The Hall–Kier alpha value is -2.38. The summed E-state index contributed by atoms with van der Waals surface area (Å²) in [4.78, 5) is 17.2. The van der Waals surface area contributed by atoms with E-state index in [1.807, 2.05) is 0 Å². The first kappa shape index (κ1) is 18.0. The molecule has 0 bridgehead atoms. The van der Waals surface area contributed by atoms with Gasteiger partial charge in [-0.3, -0.25) is 4.99 Å². The molecule has 1 aromatic rings. The average Bonchev–Trinajstić information content (AvgIpc) is 2.61. The van der Waals surface area contributed by atoms with E-state index in [4.69, 9.17) is 4.74 Å². The van der Waals surface area contributed by atoms with Crippen LogP contribution in [0.1, 0.15) is 18.4 Å². The Bertz CT molecular complexity index is 602. The van der Waals surface area contributed by atoms with Gasteiger partial charge in [0.2, 0.25) is 0 Å². The number of amides is 1. The first-order valence-electron chi connectivity index (χ1n) is 7.77. The molecule has 8 heteroatoms. The molecule has 1 aliphatic heterocycles. The van der Waals surface area contributed by atoms with Crippen molar-refractivity contribution in [3.63, 3.8) is 0 Å². The van der Waals surface area contributed by atoms with Crippen LogP contribution in [0.15, 0.2) is 23.2 Å². The topological polar surface area (TPSA) is 66.0 Å². The molecule has 24 heavy (non-hydrogen) atoms. The monoisotopic (exact) mass is 340 g/mol. The summed E-state index contributed by atoms with van der Waals surface area (Å²) in [5.74, 6) is -0.438. The van der Waals surface area contributed by atoms with E-state index in [2.05, 4.69) is 15.6 Å². The molecule has 6 nitrogen and oxygen atoms in total. The summed E-state index contributed by atoms with van der Waals surface area (Å²) in [6.07, 6.45) is 1.19. The van der Waals surface area contributed by atoms with Crippen LogP contribution in [0.3, 0.4) is 0 Å². The quantitative estimate of drug-likeness (QED) is 0.651. The van der Waals surface area contributed by atoms with Gasteiger partial charge in [-0.15, -0.1) is 0 Å². The van der Waals surface area contributed by atoms with E-state index in [1.165, 1.54) is 7.11 Å². The number of hydrogen-bond acceptors (Lipinski definition) is 3. The molecule has 0 radical (unpaired) electrons. The maximum absolute atomic E-state index is 13.6. The van der Waals surface area contributed by atoms with Crippen LogP contribution in [-0.4, -0.2) is 50.2 Å². The number of carbonyl (C=O) groups excluding carboxylic acids is 1. The first-order chi connectivity index (χ1) is 11.5. The summed E-state index contributed by atoms with van der Waals surface area (Å²) >= 11 is 0. The van der Waals surface area contributed by atoms with E-state index >= 15 is 0 Å². The standard InChI is InChI=1S/C16H22F2N4O2/c1-19-15(20-10-11-9-12(17)3-4-14(11)18)21-13-5-7-22(8-6-13)16(23)24-2/h3-4,9,13H,5-8,10H2,1-2H3,(H2,19,20,21). The third kappa shape index (κ3) is 4.81. The van der Waals surface area contributed by atoms with Gasteiger partial charge >= 0.3 is 6.09 Å². The molecule has 1 aliphatic rings. The number of hydrogen-bond donors (Lipinski definition) is 2. The van der Waals surface area contributed by atoms with Crippen LogP contribution >= 0.6 is 0 Å². The number of aliphatic imine (C=N–C) groups is 1. The first-order valence-corrected chi connectivity index (χ1v) is 7.77. The summed E-state index contributed by atoms with van der Waals surface area (Å²) < 4.78 is 31.5. The largest absolute Gasteiger partial charge is 0.453 e. The Morgan fingerprint density at radius 1 is 1.38 bits per heavy atom. The Morgan fingerprint density at radius 2 is 2.08 bits per heavy atom. The summed E-state index contributed by atoms with van der Waals surface area (Å²) in [5.41, 5.74) is 0.235. The van der Waals surface area contributed by atoms with Crippen molar-refractivity contribution >= 4 is 12.1 Å². The van der Waals surface area contributed by atoms with Gasteiger partial charge in [0, 0.05) is 38.3 Å². The Morgan fingerprint density at radius 3 is 2.71 bits per heavy atom. The van der Waals surface area contributed by atoms with Crippen molar-refractivity contribution < 1.29 is 18.3 Å². The summed E-state index contributed by atoms with van der Waals surface area (Å²) in [6, 6.07) is 3.49. The van der Waals surface area contributed by atoms with Crippen molar-refractivity contribution in [1.29, 1.82) is 0 Å². The zero-order chi connectivity index (χ0) is 17.5. The second-order valence-corrected chi connectivity index (χ2v) is 5.54. The van der Waals surface area contributed by atoms with Crippen molar-refractivity contribution in [2.24, 2.45) is 4.99 Å². The minimum Gasteiger partial charge on any atom is -0.453 e. The highest BCUT2D eigenvalue weighted by atomic mass is 19.1. The van der Waals surface area contributed by atoms with Crippen LogP contribution < -0.4 is 10.6 Å². The number of methoxy groups -OCH3 is 1. The number of ether oxygens (including phenoxy) is 1. The number of halogens is 2. The van der Waals surface area contributed by atoms with E-state index < -0.39 is 11.6 Å². The fourth-order valence-electron chi connectivity index (χ4n) is 2.58. The summed E-state index contributed by atoms with van der Waals surface area (Å²) in [7, 11) is 2.98. The van der Waals surface area contributed by atoms with Crippen LogP contribution in [0.25, 0.3) is 0 Å². The van der Waals surface area contributed by atoms with Crippen molar-refractivity contribution in [2.75, 3.05) is 27.2 Å². The molecule has 1 heterocycles. The molecule has 132 valence electrons. The van der Waals surface area contributed by atoms with Crippen molar-refractivity contribution in [3.05, 3.63) is 35.4 Å². The number of benzene rings is 1. The number of nitrogens with one attached hydrogen (secondary N) is 2. The molecule has 1 saturated heterocycles. The molecule has 0 unspecified atom stereocenters. The molecule has 1 aromatic carbocycles. The molecule has 0 atom stereocenters. The van der Waals surface area contributed by atoms with Gasteiger partial charge in [0.1, 0.15) is 11.6 Å². The maximum atomic E-state index is 13.6. The van der Waals surface area contributed by atoms with E-state index in [-0.39, 0.29) is 24.2 Å². The van der Waals surface area contributed by atoms with Crippen LogP contribution in [0.5, 0.6) is 0 Å². The predicted molar refractivity (Wildman–Crippen MR) is 86.7 cm³/mol. The molecule has 0 aromatic heterocycles. The number of rotatable bonds is 3. The van der Waals surface area contributed by atoms with Gasteiger partial charge < -0.3 is 20.3 Å². The van der Waals surface area contributed by atoms with E-state index in [0.717, 1.165) is 31.0 Å². The van der Waals surface area contributed by atoms with Gasteiger partial charge in [-0.05, 0) is 31.0 Å². The minimum atomic E-state index is -0.480. The summed E-state index contributed by atoms with van der Waals surface area (Å²) in [6.45, 7) is 1.32. The lowest BCUT2D eigenvalue weighted by molar-refractivity contribution is 0.111. The number of piperidine rings is 1. The molecule has 2 rings (SSSR count). The van der Waals surface area contributed by atoms with Crippen LogP contribution in [0, 0.1) is 11.6 Å². The Labute approximate surface area is 139 Å². The molecular formula is C16H22F2N4O2.